The van der Waals surface area contributed by atoms with E-state index in [9.17, 15) is 4.79 Å². The van der Waals surface area contributed by atoms with Crippen molar-refractivity contribution in [3.8, 4) is 0 Å². The lowest BCUT2D eigenvalue weighted by Gasteiger charge is -2.38. The van der Waals surface area contributed by atoms with Crippen LogP contribution in [-0.4, -0.2) is 36.5 Å². The molecule has 0 unspecified atom stereocenters. The largest absolute Gasteiger partial charge is 0.309 e. The molecule has 0 bridgehead atoms. The molecule has 0 aliphatic carbocycles. The van der Waals surface area contributed by atoms with Crippen molar-refractivity contribution >= 4 is 11.6 Å². The Morgan fingerprint density at radius 1 is 1.00 bits per heavy atom. The third-order valence-corrected chi connectivity index (χ3v) is 5.25. The van der Waals surface area contributed by atoms with Gasteiger partial charge in [0.15, 0.2) is 0 Å². The second-order valence-electron chi connectivity index (χ2n) is 7.16. The van der Waals surface area contributed by atoms with E-state index in [1.54, 1.807) is 0 Å². The Labute approximate surface area is 157 Å². The van der Waals surface area contributed by atoms with Gasteiger partial charge in [-0.1, -0.05) is 55.5 Å². The van der Waals surface area contributed by atoms with Crippen LogP contribution in [0, 0.1) is 0 Å². The normalized spacial score (nSPS) is 15.7. The number of anilines is 1. The number of carbonyl (C=O) groups is 1. The van der Waals surface area contributed by atoms with E-state index in [-0.39, 0.29) is 5.91 Å². The number of carbonyl (C=O) groups excluding carboxylic acids is 1. The van der Waals surface area contributed by atoms with Gasteiger partial charge in [0.05, 0.1) is 0 Å². The predicted molar refractivity (Wildman–Crippen MR) is 108 cm³/mol. The lowest BCUT2D eigenvalue weighted by molar-refractivity contribution is -0.119. The fourth-order valence-electron chi connectivity index (χ4n) is 3.81. The fraction of sp³-hybridized carbons (Fsp3) is 0.435. The standard InChI is InChI=1S/C23H30N2O/c1-2-9-23(26)25(21-12-7-4-8-13-21)22-15-18-24(19-16-22)17-14-20-10-5-3-6-11-20/h3-8,10-13,22H,2,9,14-19H2,1H3. The quantitative estimate of drug-likeness (QED) is 0.732. The van der Waals surface area contributed by atoms with Crippen molar-refractivity contribution in [1.29, 1.82) is 0 Å². The van der Waals surface area contributed by atoms with Crippen LogP contribution < -0.4 is 4.90 Å². The third kappa shape index (κ3) is 4.95. The zero-order chi connectivity index (χ0) is 18.2. The number of nitrogens with zero attached hydrogens (tertiary/aromatic N) is 2. The summed E-state index contributed by atoms with van der Waals surface area (Å²) in [5.41, 5.74) is 2.45. The number of amides is 1. The number of para-hydroxylation sites is 1. The molecule has 1 aliphatic rings. The summed E-state index contributed by atoms with van der Waals surface area (Å²) in [5, 5.41) is 0. The molecule has 1 saturated heterocycles. The number of hydrogen-bond donors (Lipinski definition) is 0. The topological polar surface area (TPSA) is 23.6 Å². The van der Waals surface area contributed by atoms with Gasteiger partial charge in [0.25, 0.3) is 0 Å². The highest BCUT2D eigenvalue weighted by Crippen LogP contribution is 2.25. The van der Waals surface area contributed by atoms with Gasteiger partial charge in [-0.3, -0.25) is 4.79 Å². The summed E-state index contributed by atoms with van der Waals surface area (Å²) in [7, 11) is 0. The number of piperidine rings is 1. The molecular weight excluding hydrogens is 320 g/mol. The Hall–Kier alpha value is -2.13. The van der Waals surface area contributed by atoms with E-state index in [1.807, 2.05) is 18.2 Å². The fourth-order valence-corrected chi connectivity index (χ4v) is 3.81. The van der Waals surface area contributed by atoms with Gasteiger partial charge in [-0.15, -0.1) is 0 Å². The van der Waals surface area contributed by atoms with Gasteiger partial charge >= 0.3 is 0 Å². The first-order valence-corrected chi connectivity index (χ1v) is 9.91. The van der Waals surface area contributed by atoms with Gasteiger partial charge < -0.3 is 9.80 Å². The van der Waals surface area contributed by atoms with E-state index in [0.29, 0.717) is 12.5 Å². The zero-order valence-electron chi connectivity index (χ0n) is 15.8. The number of likely N-dealkylation sites (tertiary alicyclic amines) is 1. The van der Waals surface area contributed by atoms with E-state index in [1.165, 1.54) is 5.56 Å². The molecule has 0 aromatic heterocycles. The monoisotopic (exact) mass is 350 g/mol. The van der Waals surface area contributed by atoms with Crippen LogP contribution in [0.3, 0.4) is 0 Å². The Balaban J connectivity index is 1.58. The molecule has 138 valence electrons. The van der Waals surface area contributed by atoms with Gasteiger partial charge in [-0.25, -0.2) is 0 Å². The minimum atomic E-state index is 0.265. The summed E-state index contributed by atoms with van der Waals surface area (Å²) in [6.07, 6.45) is 4.74. The molecule has 3 nitrogen and oxygen atoms in total. The van der Waals surface area contributed by atoms with Gasteiger partial charge in [0.1, 0.15) is 0 Å². The Kier molecular flexibility index (Phi) is 6.84. The molecule has 0 spiro atoms. The van der Waals surface area contributed by atoms with Crippen molar-refractivity contribution in [1.82, 2.24) is 4.90 Å². The molecule has 1 heterocycles. The van der Waals surface area contributed by atoms with Crippen molar-refractivity contribution in [2.45, 2.75) is 45.1 Å². The SMILES string of the molecule is CCCC(=O)N(c1ccccc1)C1CCN(CCc2ccccc2)CC1. The molecule has 2 aromatic carbocycles. The lowest BCUT2D eigenvalue weighted by Crippen LogP contribution is -2.48. The molecule has 0 atom stereocenters. The second-order valence-corrected chi connectivity index (χ2v) is 7.16. The van der Waals surface area contributed by atoms with E-state index in [2.05, 4.69) is 59.2 Å². The summed E-state index contributed by atoms with van der Waals surface area (Å²) in [6, 6.07) is 21.2. The number of benzene rings is 2. The van der Waals surface area contributed by atoms with Crippen LogP contribution >= 0.6 is 0 Å². The maximum absolute atomic E-state index is 12.7. The van der Waals surface area contributed by atoms with Crippen LogP contribution in [-0.2, 0) is 11.2 Å². The van der Waals surface area contributed by atoms with Crippen molar-refractivity contribution < 1.29 is 4.79 Å². The minimum Gasteiger partial charge on any atom is -0.309 e. The Morgan fingerprint density at radius 2 is 1.62 bits per heavy atom. The van der Waals surface area contributed by atoms with Crippen LogP contribution in [0.1, 0.15) is 38.2 Å². The molecule has 3 heteroatoms. The van der Waals surface area contributed by atoms with Crippen LogP contribution in [0.2, 0.25) is 0 Å². The van der Waals surface area contributed by atoms with E-state index < -0.39 is 0 Å². The van der Waals surface area contributed by atoms with Crippen LogP contribution in [0.25, 0.3) is 0 Å². The van der Waals surface area contributed by atoms with Gasteiger partial charge in [-0.2, -0.15) is 0 Å². The highest BCUT2D eigenvalue weighted by Gasteiger charge is 2.28. The summed E-state index contributed by atoms with van der Waals surface area (Å²) in [4.78, 5) is 17.4. The Morgan fingerprint density at radius 3 is 2.23 bits per heavy atom. The van der Waals surface area contributed by atoms with Gasteiger partial charge in [-0.05, 0) is 43.4 Å². The van der Waals surface area contributed by atoms with Gasteiger partial charge in [0, 0.05) is 37.8 Å². The maximum atomic E-state index is 12.7. The van der Waals surface area contributed by atoms with Crippen LogP contribution in [0.4, 0.5) is 5.69 Å². The summed E-state index contributed by atoms with van der Waals surface area (Å²) >= 11 is 0. The van der Waals surface area contributed by atoms with Crippen molar-refractivity contribution in [3.05, 3.63) is 66.2 Å². The smallest absolute Gasteiger partial charge is 0.227 e. The lowest BCUT2D eigenvalue weighted by atomic mass is 10.0. The average molecular weight is 351 g/mol. The molecule has 0 radical (unpaired) electrons. The molecule has 3 rings (SSSR count). The van der Waals surface area contributed by atoms with Gasteiger partial charge in [0.2, 0.25) is 5.91 Å². The maximum Gasteiger partial charge on any atom is 0.227 e. The van der Waals surface area contributed by atoms with Crippen LogP contribution in [0.5, 0.6) is 0 Å². The average Bonchev–Trinajstić information content (AvgIpc) is 2.69. The molecule has 0 saturated carbocycles. The summed E-state index contributed by atoms with van der Waals surface area (Å²) in [6.45, 7) is 5.32. The number of rotatable bonds is 7. The van der Waals surface area contributed by atoms with Crippen LogP contribution in [0.15, 0.2) is 60.7 Å². The van der Waals surface area contributed by atoms with E-state index in [4.69, 9.17) is 0 Å². The molecule has 2 aromatic rings. The molecule has 1 fully saturated rings. The first-order chi connectivity index (χ1) is 12.8. The molecule has 1 aliphatic heterocycles. The molecule has 26 heavy (non-hydrogen) atoms. The molecular formula is C23H30N2O. The highest BCUT2D eigenvalue weighted by molar-refractivity contribution is 5.93. The van der Waals surface area contributed by atoms with E-state index in [0.717, 1.165) is 51.0 Å². The third-order valence-electron chi connectivity index (χ3n) is 5.25. The molecule has 1 amide bonds. The van der Waals surface area contributed by atoms with Crippen molar-refractivity contribution in [2.75, 3.05) is 24.5 Å². The molecule has 0 N–H and O–H groups in total. The number of hydrogen-bond acceptors (Lipinski definition) is 2. The summed E-state index contributed by atoms with van der Waals surface area (Å²) in [5.74, 6) is 0.265. The second kappa shape index (κ2) is 9.54. The first kappa shape index (κ1) is 18.7. The van der Waals surface area contributed by atoms with Crippen molar-refractivity contribution in [2.24, 2.45) is 0 Å². The summed E-state index contributed by atoms with van der Waals surface area (Å²) < 4.78 is 0. The predicted octanol–water partition coefficient (Wildman–Crippen LogP) is 4.53. The minimum absolute atomic E-state index is 0.265. The first-order valence-electron chi connectivity index (χ1n) is 9.91. The zero-order valence-corrected chi connectivity index (χ0v) is 15.8. The van der Waals surface area contributed by atoms with E-state index >= 15 is 0 Å². The highest BCUT2D eigenvalue weighted by atomic mass is 16.2. The van der Waals surface area contributed by atoms with Crippen molar-refractivity contribution in [3.63, 3.8) is 0 Å². The Bertz CT molecular complexity index is 663.